The van der Waals surface area contributed by atoms with Gasteiger partial charge in [-0.15, -0.1) is 0 Å². The van der Waals surface area contributed by atoms with Crippen LogP contribution in [0, 0.1) is 0 Å². The Kier molecular flexibility index (Phi) is 8.52. The van der Waals surface area contributed by atoms with Gasteiger partial charge in [-0.1, -0.05) is 32.4 Å². The molecular formula is C21H28N2O5. The van der Waals surface area contributed by atoms with Crippen LogP contribution in [0.15, 0.2) is 36.9 Å². The molecule has 7 heteroatoms. The SMILES string of the molecule is C=CCOc1ccc(C(=O)N2CCNC(=O)C2CC(=O)OCCCCC)cc1. The van der Waals surface area contributed by atoms with Crippen LogP contribution >= 0.6 is 0 Å². The van der Waals surface area contributed by atoms with E-state index in [1.807, 2.05) is 0 Å². The van der Waals surface area contributed by atoms with Crippen molar-refractivity contribution in [1.29, 1.82) is 0 Å². The van der Waals surface area contributed by atoms with Crippen LogP contribution in [0.3, 0.4) is 0 Å². The number of benzene rings is 1. The van der Waals surface area contributed by atoms with Crippen molar-refractivity contribution < 1.29 is 23.9 Å². The molecule has 0 bridgehead atoms. The third kappa shape index (κ3) is 6.11. The van der Waals surface area contributed by atoms with Crippen LogP contribution in [-0.2, 0) is 14.3 Å². The summed E-state index contributed by atoms with van der Waals surface area (Å²) >= 11 is 0. The number of carbonyl (C=O) groups excluding carboxylic acids is 3. The lowest BCUT2D eigenvalue weighted by atomic mass is 10.1. The fraction of sp³-hybridized carbons (Fsp3) is 0.476. The van der Waals surface area contributed by atoms with Gasteiger partial charge in [0.05, 0.1) is 13.0 Å². The molecule has 1 fully saturated rings. The van der Waals surface area contributed by atoms with Crippen LogP contribution < -0.4 is 10.1 Å². The van der Waals surface area contributed by atoms with Crippen molar-refractivity contribution in [3.05, 3.63) is 42.5 Å². The van der Waals surface area contributed by atoms with Crippen molar-refractivity contribution in [1.82, 2.24) is 10.2 Å². The largest absolute Gasteiger partial charge is 0.490 e. The van der Waals surface area contributed by atoms with Gasteiger partial charge in [0.2, 0.25) is 5.91 Å². The van der Waals surface area contributed by atoms with E-state index in [1.165, 1.54) is 4.90 Å². The van der Waals surface area contributed by atoms with E-state index in [0.717, 1.165) is 19.3 Å². The molecule has 1 atom stereocenters. The fourth-order valence-corrected chi connectivity index (χ4v) is 2.93. The van der Waals surface area contributed by atoms with Gasteiger partial charge in [0, 0.05) is 18.7 Å². The van der Waals surface area contributed by atoms with Crippen molar-refractivity contribution >= 4 is 17.8 Å². The lowest BCUT2D eigenvalue weighted by molar-refractivity contribution is -0.147. The molecule has 152 valence electrons. The summed E-state index contributed by atoms with van der Waals surface area (Å²) < 4.78 is 10.6. The highest BCUT2D eigenvalue weighted by Crippen LogP contribution is 2.18. The van der Waals surface area contributed by atoms with Crippen LogP contribution in [0.2, 0.25) is 0 Å². The van der Waals surface area contributed by atoms with Crippen molar-refractivity contribution in [2.45, 2.75) is 38.6 Å². The smallest absolute Gasteiger partial charge is 0.308 e. The van der Waals surface area contributed by atoms with Crippen LogP contribution in [0.4, 0.5) is 0 Å². The summed E-state index contributed by atoms with van der Waals surface area (Å²) in [5.74, 6) is -0.478. The summed E-state index contributed by atoms with van der Waals surface area (Å²) in [6, 6.07) is 5.81. The highest BCUT2D eigenvalue weighted by atomic mass is 16.5. The number of ether oxygens (including phenoxy) is 2. The Hall–Kier alpha value is -2.83. The summed E-state index contributed by atoms with van der Waals surface area (Å²) in [5, 5.41) is 2.71. The van der Waals surface area contributed by atoms with Gasteiger partial charge in [-0.05, 0) is 30.7 Å². The minimum atomic E-state index is -0.864. The van der Waals surface area contributed by atoms with Crippen molar-refractivity contribution in [2.75, 3.05) is 26.3 Å². The van der Waals surface area contributed by atoms with Crippen molar-refractivity contribution in [3.63, 3.8) is 0 Å². The molecule has 0 saturated carbocycles. The first-order chi connectivity index (χ1) is 13.6. The lowest BCUT2D eigenvalue weighted by Gasteiger charge is -2.34. The zero-order valence-corrected chi connectivity index (χ0v) is 16.3. The first-order valence-corrected chi connectivity index (χ1v) is 9.65. The van der Waals surface area contributed by atoms with E-state index < -0.39 is 12.0 Å². The summed E-state index contributed by atoms with van der Waals surface area (Å²) in [6.07, 6.45) is 4.29. The van der Waals surface area contributed by atoms with Gasteiger partial charge in [-0.3, -0.25) is 14.4 Å². The van der Waals surface area contributed by atoms with Gasteiger partial charge in [-0.2, -0.15) is 0 Å². The molecule has 1 aliphatic rings. The van der Waals surface area contributed by atoms with Gasteiger partial charge < -0.3 is 19.7 Å². The van der Waals surface area contributed by atoms with Gasteiger partial charge in [0.1, 0.15) is 18.4 Å². The predicted molar refractivity (Wildman–Crippen MR) is 105 cm³/mol. The molecule has 1 N–H and O–H groups in total. The second-order valence-electron chi connectivity index (χ2n) is 6.56. The van der Waals surface area contributed by atoms with E-state index in [4.69, 9.17) is 9.47 Å². The third-order valence-electron chi connectivity index (χ3n) is 4.43. The molecule has 0 spiro atoms. The number of amides is 2. The molecule has 1 unspecified atom stereocenters. The maximum Gasteiger partial charge on any atom is 0.308 e. The summed E-state index contributed by atoms with van der Waals surface area (Å²) in [4.78, 5) is 38.7. The molecule has 1 heterocycles. The minimum Gasteiger partial charge on any atom is -0.490 e. The van der Waals surface area contributed by atoms with Crippen LogP contribution in [-0.4, -0.2) is 55.0 Å². The first-order valence-electron chi connectivity index (χ1n) is 9.65. The highest BCUT2D eigenvalue weighted by Gasteiger charge is 2.35. The minimum absolute atomic E-state index is 0.149. The van der Waals surface area contributed by atoms with Crippen molar-refractivity contribution in [2.24, 2.45) is 0 Å². The zero-order valence-electron chi connectivity index (χ0n) is 16.3. The molecule has 1 aromatic rings. The Morgan fingerprint density at radius 1 is 1.29 bits per heavy atom. The molecular weight excluding hydrogens is 360 g/mol. The van der Waals surface area contributed by atoms with E-state index in [0.29, 0.717) is 37.6 Å². The van der Waals surface area contributed by atoms with E-state index in [2.05, 4.69) is 18.8 Å². The molecule has 28 heavy (non-hydrogen) atoms. The fourth-order valence-electron chi connectivity index (χ4n) is 2.93. The van der Waals surface area contributed by atoms with E-state index in [1.54, 1.807) is 30.3 Å². The molecule has 0 aliphatic carbocycles. The monoisotopic (exact) mass is 388 g/mol. The number of nitrogens with zero attached hydrogens (tertiary/aromatic N) is 1. The van der Waals surface area contributed by atoms with Gasteiger partial charge in [-0.25, -0.2) is 0 Å². The van der Waals surface area contributed by atoms with E-state index in [-0.39, 0.29) is 18.2 Å². The lowest BCUT2D eigenvalue weighted by Crippen LogP contribution is -2.57. The first kappa shape index (κ1) is 21.5. The molecule has 2 rings (SSSR count). The number of piperazine rings is 1. The van der Waals surface area contributed by atoms with Crippen LogP contribution in [0.25, 0.3) is 0 Å². The van der Waals surface area contributed by atoms with Gasteiger partial charge in [0.25, 0.3) is 5.91 Å². The Balaban J connectivity index is 2.01. The predicted octanol–water partition coefficient (Wildman–Crippen LogP) is 2.32. The highest BCUT2D eigenvalue weighted by molar-refractivity contribution is 5.99. The second-order valence-corrected chi connectivity index (χ2v) is 6.56. The normalized spacial score (nSPS) is 16.2. The Labute approximate surface area is 165 Å². The number of hydrogen-bond donors (Lipinski definition) is 1. The van der Waals surface area contributed by atoms with E-state index >= 15 is 0 Å². The molecule has 0 radical (unpaired) electrons. The second kappa shape index (κ2) is 11.1. The Morgan fingerprint density at radius 3 is 2.71 bits per heavy atom. The zero-order chi connectivity index (χ0) is 20.4. The topological polar surface area (TPSA) is 84.9 Å². The van der Waals surface area contributed by atoms with Crippen LogP contribution in [0.1, 0.15) is 43.0 Å². The standard InChI is InChI=1S/C21H28N2O5/c1-3-5-6-14-28-19(24)15-18-20(25)22-11-12-23(18)21(26)16-7-9-17(10-8-16)27-13-4-2/h4,7-10,18H,2-3,5-6,11-15H2,1H3,(H,22,25). The maximum atomic E-state index is 12.9. The third-order valence-corrected chi connectivity index (χ3v) is 4.43. The Bertz CT molecular complexity index is 687. The Morgan fingerprint density at radius 2 is 2.04 bits per heavy atom. The number of hydrogen-bond acceptors (Lipinski definition) is 5. The quantitative estimate of drug-likeness (QED) is 0.378. The molecule has 1 aromatic carbocycles. The molecule has 7 nitrogen and oxygen atoms in total. The molecule has 2 amide bonds. The van der Waals surface area contributed by atoms with Crippen molar-refractivity contribution in [3.8, 4) is 5.75 Å². The van der Waals surface area contributed by atoms with Crippen LogP contribution in [0.5, 0.6) is 5.75 Å². The average Bonchev–Trinajstić information content (AvgIpc) is 2.71. The summed E-state index contributed by atoms with van der Waals surface area (Å²) in [6.45, 7) is 7.06. The number of nitrogens with one attached hydrogen (secondary N) is 1. The number of rotatable bonds is 10. The molecule has 0 aromatic heterocycles. The average molecular weight is 388 g/mol. The number of esters is 1. The molecule has 1 saturated heterocycles. The van der Waals surface area contributed by atoms with Gasteiger partial charge in [0.15, 0.2) is 0 Å². The van der Waals surface area contributed by atoms with E-state index in [9.17, 15) is 14.4 Å². The number of carbonyl (C=O) groups is 3. The maximum absolute atomic E-state index is 12.9. The number of unbranched alkanes of at least 4 members (excludes halogenated alkanes) is 2. The van der Waals surface area contributed by atoms with Gasteiger partial charge >= 0.3 is 5.97 Å². The summed E-state index contributed by atoms with van der Waals surface area (Å²) in [7, 11) is 0. The summed E-state index contributed by atoms with van der Waals surface area (Å²) in [5.41, 5.74) is 0.432. The molecule has 1 aliphatic heterocycles.